The van der Waals surface area contributed by atoms with Crippen LogP contribution in [0.25, 0.3) is 0 Å². The third kappa shape index (κ3) is 0.680. The first kappa shape index (κ1) is 4.05. The number of hydrogen-bond donors (Lipinski definition) is 1. The van der Waals surface area contributed by atoms with Gasteiger partial charge >= 0.3 is 0 Å². The number of ether oxygens (including phenoxy) is 1. The largest absolute Gasteiger partial charge is 0.347 e. The molecule has 0 aromatic heterocycles. The lowest BCUT2D eigenvalue weighted by Gasteiger charge is -1.94. The van der Waals surface area contributed by atoms with Gasteiger partial charge in [0, 0.05) is 6.54 Å². The van der Waals surface area contributed by atoms with E-state index in [-0.39, 0.29) is 0 Å². The second kappa shape index (κ2) is 1.55. The van der Waals surface area contributed by atoms with Crippen molar-refractivity contribution in [3.05, 3.63) is 0 Å². The summed E-state index contributed by atoms with van der Waals surface area (Å²) in [5.74, 6) is 0. The highest BCUT2D eigenvalue weighted by Gasteiger charge is 2.06. The van der Waals surface area contributed by atoms with Crippen LogP contribution < -0.4 is 11.1 Å². The molecule has 3 nitrogen and oxygen atoms in total. The molecule has 6 heavy (non-hydrogen) atoms. The summed E-state index contributed by atoms with van der Waals surface area (Å²) >= 11 is 0. The van der Waals surface area contributed by atoms with Crippen LogP contribution in [0.2, 0.25) is 0 Å². The molecule has 1 fully saturated rings. The highest BCUT2D eigenvalue weighted by atomic mass is 16.5. The monoisotopic (exact) mass is 87.1 g/mol. The first-order valence-electron chi connectivity index (χ1n) is 1.96. The topological polar surface area (TPSA) is 45.1 Å². The predicted molar refractivity (Wildman–Crippen MR) is 20.8 cm³/mol. The number of hydrogen-bond acceptors (Lipinski definition) is 2. The van der Waals surface area contributed by atoms with Gasteiger partial charge in [0.15, 0.2) is 6.35 Å². The minimum absolute atomic E-state index is 0.454. The minimum atomic E-state index is -0.454. The summed E-state index contributed by atoms with van der Waals surface area (Å²) < 4.78 is 4.71. The van der Waals surface area contributed by atoms with Gasteiger partial charge in [0.2, 0.25) is 0 Å². The second-order valence-electron chi connectivity index (χ2n) is 1.20. The molecule has 35 valence electrons. The molecular formula is C3H7N2O. The molecule has 1 rings (SSSR count). The summed E-state index contributed by atoms with van der Waals surface area (Å²) in [6, 6.07) is 0. The van der Waals surface area contributed by atoms with Crippen molar-refractivity contribution >= 4 is 0 Å². The van der Waals surface area contributed by atoms with Gasteiger partial charge in [-0.1, -0.05) is 0 Å². The molecule has 0 saturated carbocycles. The Morgan fingerprint density at radius 1 is 1.83 bits per heavy atom. The molecule has 2 N–H and O–H groups in total. The maximum absolute atomic E-state index is 6.80. The molecule has 1 unspecified atom stereocenters. The molecular weight excluding hydrogens is 80.0 g/mol. The van der Waals surface area contributed by atoms with Gasteiger partial charge in [-0.3, -0.25) is 5.32 Å². The molecule has 3 heteroatoms. The molecule has 0 amide bonds. The van der Waals surface area contributed by atoms with Gasteiger partial charge in [-0.2, -0.15) is 0 Å². The average molecular weight is 87.1 g/mol. The van der Waals surface area contributed by atoms with Crippen LogP contribution in [0, 0.1) is 0 Å². The molecule has 0 bridgehead atoms. The van der Waals surface area contributed by atoms with E-state index in [1.807, 2.05) is 0 Å². The standard InChI is InChI=1S/C3H7N2O/c4-3-5-1-2-6-3/h3-5H,1-2H2. The Bertz CT molecular complexity index is 42.1. The van der Waals surface area contributed by atoms with E-state index in [0.717, 1.165) is 6.54 Å². The Morgan fingerprint density at radius 2 is 2.67 bits per heavy atom. The fourth-order valence-corrected chi connectivity index (χ4v) is 0.426. The Kier molecular flexibility index (Phi) is 1.05. The summed E-state index contributed by atoms with van der Waals surface area (Å²) in [7, 11) is 0. The summed E-state index contributed by atoms with van der Waals surface area (Å²) in [6.45, 7) is 1.52. The van der Waals surface area contributed by atoms with Gasteiger partial charge in [0.1, 0.15) is 0 Å². The first-order valence-corrected chi connectivity index (χ1v) is 1.96. The van der Waals surface area contributed by atoms with Crippen LogP contribution >= 0.6 is 0 Å². The van der Waals surface area contributed by atoms with E-state index in [9.17, 15) is 0 Å². The van der Waals surface area contributed by atoms with Crippen LogP contribution in [0.4, 0.5) is 0 Å². The SMILES string of the molecule is [NH]C1NCCO1. The molecule has 1 aliphatic heterocycles. The lowest BCUT2D eigenvalue weighted by atomic mass is 10.7. The highest BCUT2D eigenvalue weighted by Crippen LogP contribution is 1.85. The van der Waals surface area contributed by atoms with Gasteiger partial charge < -0.3 is 4.74 Å². The highest BCUT2D eigenvalue weighted by molar-refractivity contribution is 4.52. The second-order valence-corrected chi connectivity index (χ2v) is 1.20. The molecule has 1 heterocycles. The van der Waals surface area contributed by atoms with E-state index >= 15 is 0 Å². The Labute approximate surface area is 36.5 Å². The van der Waals surface area contributed by atoms with Gasteiger partial charge in [0.05, 0.1) is 6.61 Å². The fourth-order valence-electron chi connectivity index (χ4n) is 0.426. The van der Waals surface area contributed by atoms with Gasteiger partial charge in [0.25, 0.3) is 0 Å². The van der Waals surface area contributed by atoms with Gasteiger partial charge in [-0.25, -0.2) is 5.73 Å². The van der Waals surface area contributed by atoms with E-state index in [4.69, 9.17) is 10.5 Å². The van der Waals surface area contributed by atoms with E-state index < -0.39 is 6.35 Å². The van der Waals surface area contributed by atoms with Crippen molar-refractivity contribution in [3.63, 3.8) is 0 Å². The molecule has 1 radical (unpaired) electrons. The van der Waals surface area contributed by atoms with E-state index in [1.54, 1.807) is 0 Å². The lowest BCUT2D eigenvalue weighted by molar-refractivity contribution is 0.101. The van der Waals surface area contributed by atoms with E-state index in [1.165, 1.54) is 0 Å². The summed E-state index contributed by atoms with van der Waals surface area (Å²) in [5, 5.41) is 2.76. The minimum Gasteiger partial charge on any atom is -0.347 e. The molecule has 1 aliphatic rings. The van der Waals surface area contributed by atoms with Gasteiger partial charge in [-0.15, -0.1) is 0 Å². The van der Waals surface area contributed by atoms with Crippen LogP contribution in [0.3, 0.4) is 0 Å². The Hall–Kier alpha value is -0.120. The molecule has 1 atom stereocenters. The molecule has 0 aliphatic carbocycles. The average Bonchev–Trinajstić information content (AvgIpc) is 1.86. The molecule has 0 spiro atoms. The van der Waals surface area contributed by atoms with E-state index in [0.29, 0.717) is 6.61 Å². The van der Waals surface area contributed by atoms with Crippen molar-refractivity contribution in [3.8, 4) is 0 Å². The molecule has 0 aromatic carbocycles. The normalized spacial score (nSPS) is 34.5. The quantitative estimate of drug-likeness (QED) is 0.419. The molecule has 0 aromatic rings. The van der Waals surface area contributed by atoms with Crippen LogP contribution in [-0.2, 0) is 4.74 Å². The summed E-state index contributed by atoms with van der Waals surface area (Å²) in [4.78, 5) is 0. The van der Waals surface area contributed by atoms with Crippen molar-refractivity contribution in [1.82, 2.24) is 11.1 Å². The number of nitrogens with one attached hydrogen (secondary N) is 2. The third-order valence-corrected chi connectivity index (χ3v) is 0.716. The van der Waals surface area contributed by atoms with Crippen molar-refractivity contribution in [1.29, 1.82) is 0 Å². The maximum atomic E-state index is 6.80. The zero-order valence-electron chi connectivity index (χ0n) is 3.40. The Balaban J connectivity index is 2.18. The van der Waals surface area contributed by atoms with Crippen LogP contribution in [0.1, 0.15) is 0 Å². The third-order valence-electron chi connectivity index (χ3n) is 0.716. The summed E-state index contributed by atoms with van der Waals surface area (Å²) in [6.07, 6.45) is -0.454. The number of rotatable bonds is 0. The lowest BCUT2D eigenvalue weighted by Crippen LogP contribution is -2.22. The van der Waals surface area contributed by atoms with Gasteiger partial charge in [-0.05, 0) is 0 Å². The van der Waals surface area contributed by atoms with Crippen LogP contribution in [-0.4, -0.2) is 19.5 Å². The maximum Gasteiger partial charge on any atom is 0.176 e. The predicted octanol–water partition coefficient (Wildman–Crippen LogP) is -0.827. The van der Waals surface area contributed by atoms with E-state index in [2.05, 4.69) is 5.32 Å². The van der Waals surface area contributed by atoms with Crippen molar-refractivity contribution in [2.45, 2.75) is 6.35 Å². The van der Waals surface area contributed by atoms with Crippen LogP contribution in [0.15, 0.2) is 0 Å². The van der Waals surface area contributed by atoms with Crippen LogP contribution in [0.5, 0.6) is 0 Å². The van der Waals surface area contributed by atoms with Crippen molar-refractivity contribution in [2.24, 2.45) is 0 Å². The zero-order valence-corrected chi connectivity index (χ0v) is 3.40. The summed E-state index contributed by atoms with van der Waals surface area (Å²) in [5.41, 5.74) is 6.80. The smallest absolute Gasteiger partial charge is 0.176 e. The molecule has 1 saturated heterocycles. The fraction of sp³-hybridized carbons (Fsp3) is 1.00. The van der Waals surface area contributed by atoms with Crippen molar-refractivity contribution < 1.29 is 4.74 Å². The Morgan fingerprint density at radius 3 is 2.83 bits per heavy atom. The zero-order chi connectivity index (χ0) is 4.41. The first-order chi connectivity index (χ1) is 2.89. The van der Waals surface area contributed by atoms with Crippen molar-refractivity contribution in [2.75, 3.05) is 13.2 Å².